The summed E-state index contributed by atoms with van der Waals surface area (Å²) in [5, 5.41) is 10.9. The third-order valence-corrected chi connectivity index (χ3v) is 4.58. The highest BCUT2D eigenvalue weighted by Gasteiger charge is 2.17. The second kappa shape index (κ2) is 10.4. The number of ether oxygens (including phenoxy) is 1. The molecule has 1 aliphatic rings. The molecule has 0 bridgehead atoms. The Morgan fingerprint density at radius 3 is 2.60 bits per heavy atom. The van der Waals surface area contributed by atoms with E-state index in [2.05, 4.69) is 48.4 Å². The van der Waals surface area contributed by atoms with Gasteiger partial charge in [-0.3, -0.25) is 4.90 Å². The topological polar surface area (TPSA) is 74.9 Å². The Morgan fingerprint density at radius 1 is 1.20 bits per heavy atom. The molecule has 7 nitrogen and oxygen atoms in total. The lowest BCUT2D eigenvalue weighted by molar-refractivity contribution is 0.0211. The molecule has 1 aromatic heterocycles. The van der Waals surface area contributed by atoms with Gasteiger partial charge in [0.05, 0.1) is 25.5 Å². The molecule has 1 aromatic rings. The summed E-state index contributed by atoms with van der Waals surface area (Å²) in [6.07, 6.45) is 1.71. The number of nitrogens with zero attached hydrogens (tertiary/aromatic N) is 3. The van der Waals surface area contributed by atoms with Gasteiger partial charge in [0.25, 0.3) is 0 Å². The zero-order valence-corrected chi connectivity index (χ0v) is 16.1. The zero-order chi connectivity index (χ0) is 18.1. The van der Waals surface area contributed by atoms with Crippen molar-refractivity contribution in [1.82, 2.24) is 20.7 Å². The summed E-state index contributed by atoms with van der Waals surface area (Å²) in [7, 11) is 0. The van der Waals surface area contributed by atoms with Crippen molar-refractivity contribution in [3.05, 3.63) is 17.0 Å². The van der Waals surface area contributed by atoms with Gasteiger partial charge in [0.1, 0.15) is 5.76 Å². The van der Waals surface area contributed by atoms with Crippen LogP contribution in [0.5, 0.6) is 0 Å². The summed E-state index contributed by atoms with van der Waals surface area (Å²) < 4.78 is 10.9. The van der Waals surface area contributed by atoms with Crippen LogP contribution in [0.2, 0.25) is 0 Å². The lowest BCUT2D eigenvalue weighted by atomic mass is 10.1. The van der Waals surface area contributed by atoms with Gasteiger partial charge in [-0.25, -0.2) is 4.99 Å². The Morgan fingerprint density at radius 2 is 1.96 bits per heavy atom. The Labute approximate surface area is 151 Å². The summed E-state index contributed by atoms with van der Waals surface area (Å²) in [6.45, 7) is 14.4. The third-order valence-electron chi connectivity index (χ3n) is 4.58. The van der Waals surface area contributed by atoms with Gasteiger partial charge in [0, 0.05) is 44.2 Å². The molecular weight excluding hydrogens is 318 g/mol. The number of rotatable bonds is 8. The number of aryl methyl sites for hydroxylation is 2. The highest BCUT2D eigenvalue weighted by Crippen LogP contribution is 2.16. The molecule has 2 heterocycles. The molecule has 1 atom stereocenters. The SMILES string of the molecule is CCNC(=NCc1c(CC)noc1CC)NCC(C)N1CCOCC1. The number of guanidine groups is 1. The molecule has 25 heavy (non-hydrogen) atoms. The van der Waals surface area contributed by atoms with Crippen molar-refractivity contribution in [2.24, 2.45) is 4.99 Å². The van der Waals surface area contributed by atoms with Gasteiger partial charge in [0.15, 0.2) is 5.96 Å². The van der Waals surface area contributed by atoms with Gasteiger partial charge < -0.3 is 19.9 Å². The molecular formula is C18H33N5O2. The number of morpholine rings is 1. The van der Waals surface area contributed by atoms with E-state index in [4.69, 9.17) is 14.3 Å². The Hall–Kier alpha value is -1.60. The minimum absolute atomic E-state index is 0.445. The predicted molar refractivity (Wildman–Crippen MR) is 99.9 cm³/mol. The van der Waals surface area contributed by atoms with Crippen LogP contribution in [-0.2, 0) is 24.1 Å². The van der Waals surface area contributed by atoms with Crippen molar-refractivity contribution in [3.8, 4) is 0 Å². The fourth-order valence-electron chi connectivity index (χ4n) is 3.01. The lowest BCUT2D eigenvalue weighted by Gasteiger charge is -2.32. The zero-order valence-electron chi connectivity index (χ0n) is 16.1. The van der Waals surface area contributed by atoms with Crippen molar-refractivity contribution in [2.45, 2.75) is 53.1 Å². The van der Waals surface area contributed by atoms with Gasteiger partial charge in [-0.05, 0) is 20.3 Å². The van der Waals surface area contributed by atoms with Gasteiger partial charge in [0.2, 0.25) is 0 Å². The minimum atomic E-state index is 0.445. The Bertz CT molecular complexity index is 516. The van der Waals surface area contributed by atoms with E-state index in [9.17, 15) is 0 Å². The van der Waals surface area contributed by atoms with E-state index in [0.29, 0.717) is 12.6 Å². The van der Waals surface area contributed by atoms with Crippen LogP contribution in [-0.4, -0.2) is 61.5 Å². The van der Waals surface area contributed by atoms with Crippen LogP contribution in [0.1, 0.15) is 44.7 Å². The molecule has 0 aliphatic carbocycles. The standard InChI is InChI=1S/C18H33N5O2/c1-5-16-15(17(6-2)25-22-16)13-21-18(19-7-3)20-12-14(4)23-8-10-24-11-9-23/h14H,5-13H2,1-4H3,(H2,19,20,21). The van der Waals surface area contributed by atoms with Gasteiger partial charge in [-0.2, -0.15) is 0 Å². The summed E-state index contributed by atoms with van der Waals surface area (Å²) >= 11 is 0. The maximum atomic E-state index is 5.43. The van der Waals surface area contributed by atoms with E-state index >= 15 is 0 Å². The first-order valence-electron chi connectivity index (χ1n) is 9.49. The van der Waals surface area contributed by atoms with Crippen LogP contribution >= 0.6 is 0 Å². The largest absolute Gasteiger partial charge is 0.379 e. The Balaban J connectivity index is 1.94. The van der Waals surface area contributed by atoms with E-state index in [1.807, 2.05) is 0 Å². The van der Waals surface area contributed by atoms with Crippen molar-refractivity contribution in [1.29, 1.82) is 0 Å². The van der Waals surface area contributed by atoms with Crippen molar-refractivity contribution >= 4 is 5.96 Å². The molecule has 142 valence electrons. The number of aromatic nitrogens is 1. The summed E-state index contributed by atoms with van der Waals surface area (Å²) in [6, 6.07) is 0.445. The van der Waals surface area contributed by atoms with Crippen LogP contribution < -0.4 is 10.6 Å². The van der Waals surface area contributed by atoms with E-state index < -0.39 is 0 Å². The maximum Gasteiger partial charge on any atom is 0.191 e. The molecule has 1 aliphatic heterocycles. The average molecular weight is 351 g/mol. The highest BCUT2D eigenvalue weighted by atomic mass is 16.5. The number of hydrogen-bond acceptors (Lipinski definition) is 5. The Kier molecular flexibility index (Phi) is 8.21. The minimum Gasteiger partial charge on any atom is -0.379 e. The molecule has 2 N–H and O–H groups in total. The van der Waals surface area contributed by atoms with Crippen LogP contribution in [0.4, 0.5) is 0 Å². The van der Waals surface area contributed by atoms with Gasteiger partial charge in [-0.1, -0.05) is 19.0 Å². The molecule has 7 heteroatoms. The van der Waals surface area contributed by atoms with Crippen molar-refractivity contribution in [3.63, 3.8) is 0 Å². The van der Waals surface area contributed by atoms with Crippen LogP contribution in [0, 0.1) is 0 Å². The maximum absolute atomic E-state index is 5.43. The molecule has 2 rings (SSSR count). The summed E-state index contributed by atoms with van der Waals surface area (Å²) in [4.78, 5) is 7.19. The normalized spacial score (nSPS) is 17.5. The van der Waals surface area contributed by atoms with E-state index in [1.54, 1.807) is 0 Å². The molecule has 0 spiro atoms. The molecule has 0 amide bonds. The molecule has 0 saturated carbocycles. The third kappa shape index (κ3) is 5.71. The van der Waals surface area contributed by atoms with Crippen LogP contribution in [0.25, 0.3) is 0 Å². The summed E-state index contributed by atoms with van der Waals surface area (Å²) in [5.74, 6) is 1.78. The average Bonchev–Trinajstić information content (AvgIpc) is 3.06. The lowest BCUT2D eigenvalue weighted by Crippen LogP contribution is -2.49. The molecule has 0 aromatic carbocycles. The fourth-order valence-corrected chi connectivity index (χ4v) is 3.01. The highest BCUT2D eigenvalue weighted by molar-refractivity contribution is 5.79. The first-order valence-corrected chi connectivity index (χ1v) is 9.49. The second-order valence-electron chi connectivity index (χ2n) is 6.31. The molecule has 0 radical (unpaired) electrons. The van der Waals surface area contributed by atoms with E-state index in [-0.39, 0.29) is 0 Å². The molecule has 1 unspecified atom stereocenters. The first-order chi connectivity index (χ1) is 12.2. The van der Waals surface area contributed by atoms with Gasteiger partial charge in [-0.15, -0.1) is 0 Å². The quantitative estimate of drug-likeness (QED) is 0.547. The van der Waals surface area contributed by atoms with E-state index in [0.717, 1.165) is 75.2 Å². The summed E-state index contributed by atoms with van der Waals surface area (Å²) in [5.41, 5.74) is 2.14. The monoisotopic (exact) mass is 351 g/mol. The predicted octanol–water partition coefficient (Wildman–Crippen LogP) is 1.58. The fraction of sp³-hybridized carbons (Fsp3) is 0.778. The van der Waals surface area contributed by atoms with E-state index in [1.165, 1.54) is 0 Å². The number of hydrogen-bond donors (Lipinski definition) is 2. The van der Waals surface area contributed by atoms with Crippen molar-refractivity contribution < 1.29 is 9.26 Å². The van der Waals surface area contributed by atoms with Crippen LogP contribution in [0.15, 0.2) is 9.52 Å². The smallest absolute Gasteiger partial charge is 0.191 e. The number of nitrogens with one attached hydrogen (secondary N) is 2. The number of aliphatic imine (C=N–C) groups is 1. The van der Waals surface area contributed by atoms with Crippen LogP contribution in [0.3, 0.4) is 0 Å². The first kappa shape index (κ1) is 19.7. The molecule has 1 saturated heterocycles. The van der Waals surface area contributed by atoms with Gasteiger partial charge >= 0.3 is 0 Å². The second-order valence-corrected chi connectivity index (χ2v) is 6.31. The molecule has 1 fully saturated rings. The van der Waals surface area contributed by atoms with Crippen molar-refractivity contribution in [2.75, 3.05) is 39.4 Å².